The zero-order chi connectivity index (χ0) is 16.6. The highest BCUT2D eigenvalue weighted by molar-refractivity contribution is 6.00. The maximum Gasteiger partial charge on any atom is 0.254 e. The molecule has 1 saturated heterocycles. The largest absolute Gasteiger partial charge is 0.372 e. The van der Waals surface area contributed by atoms with E-state index in [9.17, 15) is 9.59 Å². The Morgan fingerprint density at radius 3 is 2.26 bits per heavy atom. The molecule has 2 fully saturated rings. The van der Waals surface area contributed by atoms with Crippen LogP contribution < -0.4 is 11.1 Å². The Labute approximate surface area is 136 Å². The highest BCUT2D eigenvalue weighted by Gasteiger charge is 2.45. The van der Waals surface area contributed by atoms with Crippen molar-refractivity contribution in [1.82, 2.24) is 4.90 Å². The molecule has 6 heteroatoms. The van der Waals surface area contributed by atoms with Gasteiger partial charge in [-0.05, 0) is 51.0 Å². The second kappa shape index (κ2) is 5.94. The number of carbonyl (C=O) groups excluding carboxylic acids is 2. The third-order valence-corrected chi connectivity index (χ3v) is 4.34. The van der Waals surface area contributed by atoms with Gasteiger partial charge in [0, 0.05) is 24.3 Å². The molecule has 1 aromatic rings. The number of nitrogens with zero attached hydrogens (tertiary/aromatic N) is 1. The summed E-state index contributed by atoms with van der Waals surface area (Å²) in [6, 6.07) is 6.95. The number of carbonyl (C=O) groups is 2. The predicted octanol–water partition coefficient (Wildman–Crippen LogP) is 1.37. The number of amides is 2. The number of ether oxygens (including phenoxy) is 1. The van der Waals surface area contributed by atoms with E-state index in [1.54, 1.807) is 24.3 Å². The molecule has 3 rings (SSSR count). The summed E-state index contributed by atoms with van der Waals surface area (Å²) in [4.78, 5) is 26.3. The lowest BCUT2D eigenvalue weighted by Crippen LogP contribution is -2.48. The summed E-state index contributed by atoms with van der Waals surface area (Å²) in [5, 5.41) is 2.80. The molecule has 1 aromatic carbocycles. The summed E-state index contributed by atoms with van der Waals surface area (Å²) >= 11 is 0. The standard InChI is InChI=1S/C17H23N3O3/c1-11-9-20(10-12(2)23-11)15(21)13-3-5-14(6-4-13)19-16(22)17(18)7-8-17/h3-6,11-12H,7-10,18H2,1-2H3,(H,19,22). The van der Waals surface area contributed by atoms with Crippen molar-refractivity contribution in [3.8, 4) is 0 Å². The average Bonchev–Trinajstić information content (AvgIpc) is 3.25. The summed E-state index contributed by atoms with van der Waals surface area (Å²) in [5.74, 6) is -0.172. The molecule has 23 heavy (non-hydrogen) atoms. The fourth-order valence-corrected chi connectivity index (χ4v) is 2.84. The highest BCUT2D eigenvalue weighted by atomic mass is 16.5. The monoisotopic (exact) mass is 317 g/mol. The van der Waals surface area contributed by atoms with Crippen molar-refractivity contribution in [3.05, 3.63) is 29.8 Å². The minimum absolute atomic E-state index is 0.0117. The summed E-state index contributed by atoms with van der Waals surface area (Å²) in [6.07, 6.45) is 1.53. The van der Waals surface area contributed by atoms with Crippen LogP contribution in [0.5, 0.6) is 0 Å². The van der Waals surface area contributed by atoms with Crippen molar-refractivity contribution in [1.29, 1.82) is 0 Å². The Morgan fingerprint density at radius 1 is 1.17 bits per heavy atom. The fourth-order valence-electron chi connectivity index (χ4n) is 2.84. The maximum absolute atomic E-state index is 12.6. The molecule has 2 aliphatic rings. The maximum atomic E-state index is 12.6. The number of nitrogens with one attached hydrogen (secondary N) is 1. The van der Waals surface area contributed by atoms with Crippen molar-refractivity contribution in [3.63, 3.8) is 0 Å². The molecule has 2 atom stereocenters. The number of hydrogen-bond acceptors (Lipinski definition) is 4. The highest BCUT2D eigenvalue weighted by Crippen LogP contribution is 2.33. The molecule has 0 aromatic heterocycles. The number of rotatable bonds is 3. The van der Waals surface area contributed by atoms with E-state index in [4.69, 9.17) is 10.5 Å². The van der Waals surface area contributed by atoms with E-state index in [-0.39, 0.29) is 24.0 Å². The Bertz CT molecular complexity index is 600. The average molecular weight is 317 g/mol. The Balaban J connectivity index is 1.64. The zero-order valence-corrected chi connectivity index (χ0v) is 13.5. The molecule has 6 nitrogen and oxygen atoms in total. The van der Waals surface area contributed by atoms with E-state index in [0.717, 1.165) is 12.8 Å². The third-order valence-electron chi connectivity index (χ3n) is 4.34. The van der Waals surface area contributed by atoms with Crippen molar-refractivity contribution in [2.24, 2.45) is 5.73 Å². The molecule has 2 unspecified atom stereocenters. The van der Waals surface area contributed by atoms with Gasteiger partial charge in [-0.2, -0.15) is 0 Å². The lowest BCUT2D eigenvalue weighted by molar-refractivity contribution is -0.118. The Morgan fingerprint density at radius 2 is 1.74 bits per heavy atom. The molecule has 1 heterocycles. The van der Waals surface area contributed by atoms with Gasteiger partial charge in [0.1, 0.15) is 0 Å². The van der Waals surface area contributed by atoms with Gasteiger partial charge < -0.3 is 20.7 Å². The normalized spacial score (nSPS) is 25.8. The summed E-state index contributed by atoms with van der Waals surface area (Å²) in [6.45, 7) is 5.12. The molecule has 0 bridgehead atoms. The van der Waals surface area contributed by atoms with Gasteiger partial charge in [0.05, 0.1) is 17.7 Å². The zero-order valence-electron chi connectivity index (χ0n) is 13.5. The van der Waals surface area contributed by atoms with Crippen LogP contribution in [0.3, 0.4) is 0 Å². The molecule has 1 aliphatic carbocycles. The van der Waals surface area contributed by atoms with E-state index in [2.05, 4.69) is 5.32 Å². The van der Waals surface area contributed by atoms with Crippen molar-refractivity contribution >= 4 is 17.5 Å². The van der Waals surface area contributed by atoms with Crippen LogP contribution in [0.4, 0.5) is 5.69 Å². The smallest absolute Gasteiger partial charge is 0.254 e. The van der Waals surface area contributed by atoms with Gasteiger partial charge in [-0.15, -0.1) is 0 Å². The van der Waals surface area contributed by atoms with Crippen molar-refractivity contribution in [2.45, 2.75) is 44.4 Å². The van der Waals surface area contributed by atoms with Crippen LogP contribution in [-0.2, 0) is 9.53 Å². The lowest BCUT2D eigenvalue weighted by Gasteiger charge is -2.35. The summed E-state index contributed by atoms with van der Waals surface area (Å²) < 4.78 is 5.65. The quantitative estimate of drug-likeness (QED) is 0.882. The van der Waals surface area contributed by atoms with Crippen LogP contribution in [0.15, 0.2) is 24.3 Å². The number of morpholine rings is 1. The van der Waals surface area contributed by atoms with E-state index in [0.29, 0.717) is 24.3 Å². The van der Waals surface area contributed by atoms with Crippen LogP contribution in [0, 0.1) is 0 Å². The van der Waals surface area contributed by atoms with Crippen LogP contribution in [0.2, 0.25) is 0 Å². The number of anilines is 1. The first kappa shape index (κ1) is 16.0. The van der Waals surface area contributed by atoms with Gasteiger partial charge in [-0.1, -0.05) is 0 Å². The molecular formula is C17H23N3O3. The van der Waals surface area contributed by atoms with Crippen LogP contribution in [0.25, 0.3) is 0 Å². The van der Waals surface area contributed by atoms with Crippen LogP contribution in [-0.4, -0.2) is 47.6 Å². The van der Waals surface area contributed by atoms with E-state index >= 15 is 0 Å². The molecule has 2 amide bonds. The first-order valence-corrected chi connectivity index (χ1v) is 8.02. The Hall–Kier alpha value is -1.92. The minimum Gasteiger partial charge on any atom is -0.372 e. The first-order chi connectivity index (χ1) is 10.9. The molecule has 0 radical (unpaired) electrons. The number of nitrogens with two attached hydrogens (primary N) is 1. The third kappa shape index (κ3) is 3.54. The van der Waals surface area contributed by atoms with Gasteiger partial charge in [0.25, 0.3) is 5.91 Å². The Kier molecular flexibility index (Phi) is 4.12. The summed E-state index contributed by atoms with van der Waals surface area (Å²) in [5.41, 5.74) is 6.42. The van der Waals surface area contributed by atoms with Crippen molar-refractivity contribution < 1.29 is 14.3 Å². The van der Waals surface area contributed by atoms with E-state index in [1.807, 2.05) is 18.7 Å². The topological polar surface area (TPSA) is 84.7 Å². The van der Waals surface area contributed by atoms with Gasteiger partial charge in [0.2, 0.25) is 5.91 Å². The first-order valence-electron chi connectivity index (χ1n) is 8.02. The predicted molar refractivity (Wildman–Crippen MR) is 87.1 cm³/mol. The lowest BCUT2D eigenvalue weighted by atomic mass is 10.1. The molecule has 1 aliphatic heterocycles. The van der Waals surface area contributed by atoms with Crippen molar-refractivity contribution in [2.75, 3.05) is 18.4 Å². The fraction of sp³-hybridized carbons (Fsp3) is 0.529. The summed E-state index contributed by atoms with van der Waals surface area (Å²) in [7, 11) is 0. The van der Waals surface area contributed by atoms with Gasteiger partial charge in [0.15, 0.2) is 0 Å². The molecule has 124 valence electrons. The molecule has 3 N–H and O–H groups in total. The number of benzene rings is 1. The molecule has 1 saturated carbocycles. The molecular weight excluding hydrogens is 294 g/mol. The van der Waals surface area contributed by atoms with E-state index in [1.165, 1.54) is 0 Å². The second-order valence-corrected chi connectivity index (χ2v) is 6.66. The molecule has 0 spiro atoms. The van der Waals surface area contributed by atoms with Gasteiger partial charge in [-0.25, -0.2) is 0 Å². The SMILES string of the molecule is CC1CN(C(=O)c2ccc(NC(=O)C3(N)CC3)cc2)CC(C)O1. The second-order valence-electron chi connectivity index (χ2n) is 6.66. The minimum atomic E-state index is -0.700. The van der Waals surface area contributed by atoms with Crippen LogP contribution in [0.1, 0.15) is 37.0 Å². The number of hydrogen-bond donors (Lipinski definition) is 2. The van der Waals surface area contributed by atoms with Gasteiger partial charge in [-0.3, -0.25) is 9.59 Å². The van der Waals surface area contributed by atoms with Gasteiger partial charge >= 0.3 is 0 Å². The van der Waals surface area contributed by atoms with E-state index < -0.39 is 5.54 Å². The van der Waals surface area contributed by atoms with Crippen LogP contribution >= 0.6 is 0 Å².